The standard InChI is InChI=1S/C32H62N2O6.C16H32O/c1-4-6-8-10-12-15-28(16-13-11-9-7-5-2)30(35)40-26-29(25-39-3)34-23-19-31(20-24-34)18-22-33(27-31)21-14-17-32(36,37)38;1-3-5-7-9-11-13-16(15-17)14-12-10-8-6-4-2/h28-29,36-38H,4-27H2,1-3H3;15-16H,3-14H2,1-2H3. The van der Waals surface area contributed by atoms with Gasteiger partial charge in [0.25, 0.3) is 5.97 Å². The van der Waals surface area contributed by atoms with E-state index in [4.69, 9.17) is 24.8 Å². The van der Waals surface area contributed by atoms with Gasteiger partial charge in [-0.3, -0.25) is 9.69 Å². The van der Waals surface area contributed by atoms with E-state index in [0.29, 0.717) is 31.0 Å². The van der Waals surface area contributed by atoms with Crippen molar-refractivity contribution in [3.05, 3.63) is 0 Å². The molecule has 2 aliphatic heterocycles. The van der Waals surface area contributed by atoms with Gasteiger partial charge >= 0.3 is 5.97 Å². The Hall–Kier alpha value is -1.10. The number of carbonyl (C=O) groups excluding carboxylic acids is 2. The van der Waals surface area contributed by atoms with Crippen molar-refractivity contribution in [2.75, 3.05) is 53.0 Å². The third kappa shape index (κ3) is 27.4. The summed E-state index contributed by atoms with van der Waals surface area (Å²) < 4.78 is 11.6. The molecule has 0 radical (unpaired) electrons. The molecule has 57 heavy (non-hydrogen) atoms. The lowest BCUT2D eigenvalue weighted by Crippen LogP contribution is -2.49. The van der Waals surface area contributed by atoms with Crippen LogP contribution in [0.1, 0.15) is 214 Å². The average molecular weight is 811 g/mol. The van der Waals surface area contributed by atoms with E-state index in [9.17, 15) is 9.59 Å². The molecule has 2 rings (SSSR count). The lowest BCUT2D eigenvalue weighted by Gasteiger charge is -2.42. The minimum atomic E-state index is -2.56. The molecule has 9 heteroatoms. The van der Waals surface area contributed by atoms with Gasteiger partial charge in [0.15, 0.2) is 0 Å². The van der Waals surface area contributed by atoms with E-state index in [1.807, 2.05) is 0 Å². The van der Waals surface area contributed by atoms with E-state index in [-0.39, 0.29) is 24.3 Å². The summed E-state index contributed by atoms with van der Waals surface area (Å²) in [4.78, 5) is 29.0. The smallest absolute Gasteiger partial charge is 0.308 e. The number of hydrogen-bond donors (Lipinski definition) is 3. The number of aliphatic hydroxyl groups is 3. The molecule has 0 aromatic carbocycles. The van der Waals surface area contributed by atoms with Crippen LogP contribution in [0.15, 0.2) is 0 Å². The number of methoxy groups -OCH3 is 1. The topological polar surface area (TPSA) is 120 Å². The van der Waals surface area contributed by atoms with Crippen molar-refractivity contribution in [1.82, 2.24) is 9.80 Å². The summed E-state index contributed by atoms with van der Waals surface area (Å²) >= 11 is 0. The van der Waals surface area contributed by atoms with Crippen LogP contribution in [0.25, 0.3) is 0 Å². The largest absolute Gasteiger partial charge is 0.464 e. The van der Waals surface area contributed by atoms with Crippen LogP contribution in [0.5, 0.6) is 0 Å². The summed E-state index contributed by atoms with van der Waals surface area (Å²) in [5, 5.41) is 27.4. The third-order valence-corrected chi connectivity index (χ3v) is 12.9. The van der Waals surface area contributed by atoms with E-state index in [1.54, 1.807) is 7.11 Å². The van der Waals surface area contributed by atoms with Crippen molar-refractivity contribution in [3.63, 3.8) is 0 Å². The number of likely N-dealkylation sites (tertiary alicyclic amines) is 2. The van der Waals surface area contributed by atoms with Crippen LogP contribution >= 0.6 is 0 Å². The molecule has 338 valence electrons. The molecule has 1 unspecified atom stereocenters. The predicted octanol–water partition coefficient (Wildman–Crippen LogP) is 10.6. The van der Waals surface area contributed by atoms with Crippen molar-refractivity contribution in [3.8, 4) is 0 Å². The number of nitrogens with zero attached hydrogens (tertiary/aromatic N) is 2. The first kappa shape index (κ1) is 53.9. The molecule has 2 fully saturated rings. The average Bonchev–Trinajstić information content (AvgIpc) is 3.58. The number of piperidine rings is 1. The molecule has 0 aliphatic carbocycles. The molecule has 1 spiro atoms. The lowest BCUT2D eigenvalue weighted by atomic mass is 9.77. The molecule has 1 atom stereocenters. The van der Waals surface area contributed by atoms with E-state index in [2.05, 4.69) is 37.5 Å². The van der Waals surface area contributed by atoms with E-state index >= 15 is 0 Å². The maximum atomic E-state index is 13.2. The SMILES string of the molecule is CCCCCCCC(C=O)CCCCCCC.CCCCCCCC(CCCCCCC)C(=O)OCC(COC)N1CCC2(CCN(CCCC(O)(O)O)C2)CC1. The first-order chi connectivity index (χ1) is 27.6. The summed E-state index contributed by atoms with van der Waals surface area (Å²) in [6.07, 6.45) is 34.5. The van der Waals surface area contributed by atoms with Crippen molar-refractivity contribution >= 4 is 12.3 Å². The molecular weight excluding hydrogens is 717 g/mol. The Morgan fingerprint density at radius 3 is 1.54 bits per heavy atom. The fraction of sp³-hybridized carbons (Fsp3) is 0.958. The van der Waals surface area contributed by atoms with Gasteiger partial charge in [0.05, 0.1) is 18.6 Å². The summed E-state index contributed by atoms with van der Waals surface area (Å²) in [6, 6.07) is 0.0883. The molecular formula is C48H94N2O7. The highest BCUT2D eigenvalue weighted by atomic mass is 16.7. The molecule has 2 aliphatic rings. The Labute approximate surface area is 351 Å². The first-order valence-corrected chi connectivity index (χ1v) is 24.3. The third-order valence-electron chi connectivity index (χ3n) is 12.9. The Kier molecular flexibility index (Phi) is 32.7. The molecule has 0 saturated carbocycles. The van der Waals surface area contributed by atoms with Crippen LogP contribution in [-0.4, -0.2) is 102 Å². The van der Waals surface area contributed by atoms with Gasteiger partial charge in [0, 0.05) is 26.0 Å². The Bertz CT molecular complexity index is 908. The summed E-state index contributed by atoms with van der Waals surface area (Å²) in [6.45, 7) is 14.7. The molecule has 2 saturated heterocycles. The Morgan fingerprint density at radius 2 is 1.11 bits per heavy atom. The van der Waals surface area contributed by atoms with Gasteiger partial charge in [0.1, 0.15) is 12.9 Å². The lowest BCUT2D eigenvalue weighted by molar-refractivity contribution is -0.315. The molecule has 2 heterocycles. The van der Waals surface area contributed by atoms with Crippen LogP contribution in [-0.2, 0) is 19.1 Å². The van der Waals surface area contributed by atoms with Gasteiger partial charge in [-0.05, 0) is 83.0 Å². The van der Waals surface area contributed by atoms with Crippen LogP contribution < -0.4 is 0 Å². The Balaban J connectivity index is 0.000000801. The normalized spacial score (nSPS) is 16.7. The Morgan fingerprint density at radius 1 is 0.649 bits per heavy atom. The summed E-state index contributed by atoms with van der Waals surface area (Å²) in [7, 11) is 1.73. The second-order valence-electron chi connectivity index (χ2n) is 18.1. The van der Waals surface area contributed by atoms with E-state index < -0.39 is 5.97 Å². The van der Waals surface area contributed by atoms with Crippen LogP contribution in [0.2, 0.25) is 0 Å². The number of unbranched alkanes of at least 4 members (excludes halogenated alkanes) is 16. The molecule has 0 aromatic heterocycles. The van der Waals surface area contributed by atoms with Crippen molar-refractivity contribution in [2.45, 2.75) is 226 Å². The quantitative estimate of drug-likeness (QED) is 0.0249. The van der Waals surface area contributed by atoms with Crippen LogP contribution in [0, 0.1) is 17.3 Å². The minimum Gasteiger partial charge on any atom is -0.464 e. The van der Waals surface area contributed by atoms with Gasteiger partial charge in [-0.2, -0.15) is 0 Å². The van der Waals surface area contributed by atoms with Gasteiger partial charge in [0.2, 0.25) is 0 Å². The number of aldehydes is 1. The monoisotopic (exact) mass is 811 g/mol. The first-order valence-electron chi connectivity index (χ1n) is 24.3. The zero-order valence-corrected chi connectivity index (χ0v) is 38.1. The highest BCUT2D eigenvalue weighted by Gasteiger charge is 2.41. The van der Waals surface area contributed by atoms with Crippen molar-refractivity contribution in [1.29, 1.82) is 0 Å². The second-order valence-corrected chi connectivity index (χ2v) is 18.1. The molecule has 3 N–H and O–H groups in total. The number of carbonyl (C=O) groups is 2. The van der Waals surface area contributed by atoms with Gasteiger partial charge in [-0.1, -0.05) is 156 Å². The van der Waals surface area contributed by atoms with Crippen LogP contribution in [0.4, 0.5) is 0 Å². The fourth-order valence-electron chi connectivity index (χ4n) is 8.95. The van der Waals surface area contributed by atoms with Crippen LogP contribution in [0.3, 0.4) is 0 Å². The zero-order valence-electron chi connectivity index (χ0n) is 38.1. The maximum absolute atomic E-state index is 13.2. The zero-order chi connectivity index (χ0) is 42.0. The van der Waals surface area contributed by atoms with Gasteiger partial charge < -0.3 is 34.5 Å². The van der Waals surface area contributed by atoms with Crippen molar-refractivity contribution in [2.24, 2.45) is 17.3 Å². The number of esters is 1. The predicted molar refractivity (Wildman–Crippen MR) is 236 cm³/mol. The fourth-order valence-corrected chi connectivity index (χ4v) is 8.95. The minimum absolute atomic E-state index is 0.00958. The van der Waals surface area contributed by atoms with E-state index in [1.165, 1.54) is 122 Å². The molecule has 0 bridgehead atoms. The second kappa shape index (κ2) is 34.6. The highest BCUT2D eigenvalue weighted by molar-refractivity contribution is 5.72. The van der Waals surface area contributed by atoms with E-state index in [0.717, 1.165) is 90.5 Å². The molecule has 0 amide bonds. The van der Waals surface area contributed by atoms with Crippen molar-refractivity contribution < 1.29 is 34.4 Å². The maximum Gasteiger partial charge on any atom is 0.308 e. The number of hydrogen-bond acceptors (Lipinski definition) is 9. The molecule has 0 aromatic rings. The number of rotatable bonds is 35. The van der Waals surface area contributed by atoms with Gasteiger partial charge in [-0.15, -0.1) is 0 Å². The summed E-state index contributed by atoms with van der Waals surface area (Å²) in [5.41, 5.74) is 0.306. The van der Waals surface area contributed by atoms with Gasteiger partial charge in [-0.25, -0.2) is 0 Å². The molecule has 9 nitrogen and oxygen atoms in total. The summed E-state index contributed by atoms with van der Waals surface area (Å²) in [5.74, 6) is -2.21. The number of ether oxygens (including phenoxy) is 2. The highest BCUT2D eigenvalue weighted by Crippen LogP contribution is 2.41.